The lowest BCUT2D eigenvalue weighted by Crippen LogP contribution is -2.03. The molecule has 1 heteroatoms. The van der Waals surface area contributed by atoms with Crippen LogP contribution in [0.5, 0.6) is 0 Å². The zero-order valence-electron chi connectivity index (χ0n) is 14.1. The molecule has 1 aromatic carbocycles. The highest BCUT2D eigenvalue weighted by Gasteiger charge is 1.99. The topological polar surface area (TPSA) is 20.2 Å². The van der Waals surface area contributed by atoms with E-state index in [1.54, 1.807) is 0 Å². The first-order valence-corrected chi connectivity index (χ1v) is 8.88. The molecule has 1 atom stereocenters. The van der Waals surface area contributed by atoms with E-state index in [2.05, 4.69) is 31.2 Å². The van der Waals surface area contributed by atoms with Crippen LogP contribution < -0.4 is 0 Å². The van der Waals surface area contributed by atoms with Crippen molar-refractivity contribution >= 4 is 0 Å². The number of aliphatic hydroxyl groups is 1. The van der Waals surface area contributed by atoms with Gasteiger partial charge in [0.1, 0.15) is 0 Å². The fourth-order valence-corrected chi connectivity index (χ4v) is 2.47. The van der Waals surface area contributed by atoms with E-state index in [4.69, 9.17) is 0 Å². The Morgan fingerprint density at radius 3 is 2.45 bits per heavy atom. The van der Waals surface area contributed by atoms with Gasteiger partial charge >= 0.3 is 0 Å². The normalized spacial score (nSPS) is 13.2. The van der Waals surface area contributed by atoms with E-state index >= 15 is 0 Å². The molecule has 1 rings (SSSR count). The van der Waals surface area contributed by atoms with Crippen LogP contribution in [0.25, 0.3) is 0 Å². The lowest BCUT2D eigenvalue weighted by atomic mass is 10.1. The molecule has 122 valence electrons. The van der Waals surface area contributed by atoms with Crippen molar-refractivity contribution < 1.29 is 5.11 Å². The van der Waals surface area contributed by atoms with Crippen molar-refractivity contribution in [1.82, 2.24) is 0 Å². The fraction of sp³-hybridized carbons (Fsp3) is 0.524. The van der Waals surface area contributed by atoms with Crippen LogP contribution in [-0.4, -0.2) is 11.2 Å². The van der Waals surface area contributed by atoms with E-state index in [1.807, 2.05) is 30.4 Å². The Kier molecular flexibility index (Phi) is 11.3. The van der Waals surface area contributed by atoms with Crippen LogP contribution in [0.2, 0.25) is 0 Å². The number of hydrogen-bond donors (Lipinski definition) is 1. The summed E-state index contributed by atoms with van der Waals surface area (Å²) in [7, 11) is 0. The average molecular weight is 300 g/mol. The van der Waals surface area contributed by atoms with Gasteiger partial charge in [0.25, 0.3) is 0 Å². The van der Waals surface area contributed by atoms with Crippen LogP contribution in [0.3, 0.4) is 0 Å². The lowest BCUT2D eigenvalue weighted by Gasteiger charge is -2.04. The van der Waals surface area contributed by atoms with E-state index in [0.29, 0.717) is 0 Å². The Hall–Kier alpha value is -1.34. The second-order valence-corrected chi connectivity index (χ2v) is 5.96. The van der Waals surface area contributed by atoms with Gasteiger partial charge in [0.15, 0.2) is 0 Å². The molecule has 1 N–H and O–H groups in total. The van der Waals surface area contributed by atoms with Gasteiger partial charge in [0.05, 0.1) is 6.10 Å². The molecule has 0 fully saturated rings. The van der Waals surface area contributed by atoms with E-state index in [1.165, 1.54) is 44.1 Å². The molecule has 0 aliphatic rings. The summed E-state index contributed by atoms with van der Waals surface area (Å²) < 4.78 is 0. The van der Waals surface area contributed by atoms with Gasteiger partial charge in [-0.3, -0.25) is 0 Å². The molecule has 0 spiro atoms. The highest BCUT2D eigenvalue weighted by atomic mass is 16.3. The Balaban J connectivity index is 2.03. The highest BCUT2D eigenvalue weighted by Crippen LogP contribution is 2.08. The molecular weight excluding hydrogens is 268 g/mol. The van der Waals surface area contributed by atoms with Crippen molar-refractivity contribution in [1.29, 1.82) is 0 Å². The van der Waals surface area contributed by atoms with Crippen molar-refractivity contribution in [2.75, 3.05) is 0 Å². The molecule has 0 aliphatic carbocycles. The smallest absolute Gasteiger partial charge is 0.0727 e. The van der Waals surface area contributed by atoms with Crippen molar-refractivity contribution in [2.24, 2.45) is 0 Å². The van der Waals surface area contributed by atoms with E-state index in [0.717, 1.165) is 19.3 Å². The minimum atomic E-state index is -0.348. The molecule has 22 heavy (non-hydrogen) atoms. The van der Waals surface area contributed by atoms with E-state index in [-0.39, 0.29) is 6.10 Å². The number of allylic oxidation sites excluding steroid dienone is 3. The maximum absolute atomic E-state index is 9.91. The Labute approximate surface area is 136 Å². The van der Waals surface area contributed by atoms with Crippen molar-refractivity contribution in [3.05, 3.63) is 60.2 Å². The molecule has 0 heterocycles. The van der Waals surface area contributed by atoms with Crippen LogP contribution >= 0.6 is 0 Å². The quantitative estimate of drug-likeness (QED) is 0.379. The molecule has 0 unspecified atom stereocenters. The number of benzene rings is 1. The van der Waals surface area contributed by atoms with Gasteiger partial charge in [-0.2, -0.15) is 0 Å². The van der Waals surface area contributed by atoms with Crippen LogP contribution in [0.4, 0.5) is 0 Å². The summed E-state index contributed by atoms with van der Waals surface area (Å²) in [4.78, 5) is 0. The molecule has 0 aromatic heterocycles. The maximum atomic E-state index is 9.91. The molecule has 0 aliphatic heterocycles. The number of aryl methyl sites for hydroxylation is 1. The zero-order valence-corrected chi connectivity index (χ0v) is 14.1. The maximum Gasteiger partial charge on any atom is 0.0727 e. The number of rotatable bonds is 12. The van der Waals surface area contributed by atoms with Gasteiger partial charge in [-0.1, -0.05) is 93.7 Å². The van der Waals surface area contributed by atoms with Crippen LogP contribution in [0.1, 0.15) is 63.9 Å². The van der Waals surface area contributed by atoms with Crippen LogP contribution in [0.15, 0.2) is 54.6 Å². The second-order valence-electron chi connectivity index (χ2n) is 5.96. The lowest BCUT2D eigenvalue weighted by molar-refractivity contribution is 0.213. The summed E-state index contributed by atoms with van der Waals surface area (Å²) in [6, 6.07) is 10.3. The average Bonchev–Trinajstić information content (AvgIpc) is 2.55. The van der Waals surface area contributed by atoms with Gasteiger partial charge in [-0.15, -0.1) is 0 Å². The van der Waals surface area contributed by atoms with Crippen LogP contribution in [0, 0.1) is 0 Å². The molecule has 0 amide bonds. The minimum absolute atomic E-state index is 0.348. The highest BCUT2D eigenvalue weighted by molar-refractivity contribution is 5.15. The van der Waals surface area contributed by atoms with Gasteiger partial charge in [-0.25, -0.2) is 0 Å². The van der Waals surface area contributed by atoms with Crippen molar-refractivity contribution in [3.63, 3.8) is 0 Å². The molecule has 0 radical (unpaired) electrons. The van der Waals surface area contributed by atoms with E-state index < -0.39 is 0 Å². The summed E-state index contributed by atoms with van der Waals surface area (Å²) >= 11 is 0. The molecule has 1 aromatic rings. The third-order valence-electron chi connectivity index (χ3n) is 3.88. The fourth-order valence-electron chi connectivity index (χ4n) is 2.47. The number of unbranched alkanes of at least 4 members (excludes halogenated alkanes) is 6. The van der Waals surface area contributed by atoms with Crippen molar-refractivity contribution in [2.45, 2.75) is 70.8 Å². The monoisotopic (exact) mass is 300 g/mol. The summed E-state index contributed by atoms with van der Waals surface area (Å²) in [6.07, 6.45) is 18.7. The predicted octanol–water partition coefficient (Wildman–Crippen LogP) is 5.84. The first-order chi connectivity index (χ1) is 10.8. The SMILES string of the molecule is CCCCCCCC/C=C\C=C\[C@@H](O)CCc1ccccc1. The first kappa shape index (κ1) is 18.7. The Morgan fingerprint density at radius 1 is 0.955 bits per heavy atom. The molecule has 0 bridgehead atoms. The molecule has 0 saturated carbocycles. The van der Waals surface area contributed by atoms with Gasteiger partial charge in [-0.05, 0) is 31.2 Å². The Morgan fingerprint density at radius 2 is 1.68 bits per heavy atom. The largest absolute Gasteiger partial charge is 0.389 e. The second kappa shape index (κ2) is 13.3. The summed E-state index contributed by atoms with van der Waals surface area (Å²) in [6.45, 7) is 2.25. The Bertz CT molecular complexity index is 405. The number of hydrogen-bond acceptors (Lipinski definition) is 1. The van der Waals surface area contributed by atoms with Crippen LogP contribution in [-0.2, 0) is 6.42 Å². The molecule has 1 nitrogen and oxygen atoms in total. The minimum Gasteiger partial charge on any atom is -0.389 e. The van der Waals surface area contributed by atoms with Gasteiger partial charge < -0.3 is 5.11 Å². The third-order valence-corrected chi connectivity index (χ3v) is 3.88. The predicted molar refractivity (Wildman–Crippen MR) is 97.0 cm³/mol. The zero-order chi connectivity index (χ0) is 15.9. The van der Waals surface area contributed by atoms with Gasteiger partial charge in [0.2, 0.25) is 0 Å². The first-order valence-electron chi connectivity index (χ1n) is 8.88. The summed E-state index contributed by atoms with van der Waals surface area (Å²) in [5.41, 5.74) is 1.29. The van der Waals surface area contributed by atoms with E-state index in [9.17, 15) is 5.11 Å². The third kappa shape index (κ3) is 10.4. The summed E-state index contributed by atoms with van der Waals surface area (Å²) in [5.74, 6) is 0. The number of aliphatic hydroxyl groups excluding tert-OH is 1. The molecular formula is C21H32O. The van der Waals surface area contributed by atoms with Crippen molar-refractivity contribution in [3.8, 4) is 0 Å². The molecule has 0 saturated heterocycles. The van der Waals surface area contributed by atoms with Gasteiger partial charge in [0, 0.05) is 0 Å². The summed E-state index contributed by atoms with van der Waals surface area (Å²) in [5, 5.41) is 9.91. The standard InChI is InChI=1S/C21H32O/c1-2-3-4-5-6-7-8-9-10-14-17-21(22)19-18-20-15-12-11-13-16-20/h9-17,21-22H,2-8,18-19H2,1H3/b10-9-,17-14+/t21-/m1/s1.